The molecule has 0 aliphatic heterocycles. The number of ketones is 1. The van der Waals surface area contributed by atoms with E-state index in [0.717, 1.165) is 11.1 Å². The second-order valence-corrected chi connectivity index (χ2v) is 2.67. The summed E-state index contributed by atoms with van der Waals surface area (Å²) in [5.74, 6) is 0.109. The van der Waals surface area contributed by atoms with Crippen molar-refractivity contribution in [1.82, 2.24) is 0 Å². The minimum absolute atomic E-state index is 0.109. The lowest BCUT2D eigenvalue weighted by Gasteiger charge is -1.98. The fourth-order valence-corrected chi connectivity index (χ4v) is 0.948. The van der Waals surface area contributed by atoms with Gasteiger partial charge >= 0.3 is 0 Å². The normalized spacial score (nSPS) is 11.3. The quantitative estimate of drug-likeness (QED) is 0.480. The van der Waals surface area contributed by atoms with Crippen LogP contribution in [0.5, 0.6) is 0 Å². The van der Waals surface area contributed by atoms with Crippen LogP contribution < -0.4 is 0 Å². The summed E-state index contributed by atoms with van der Waals surface area (Å²) in [6.45, 7) is 3.70. The third-order valence-electron chi connectivity index (χ3n) is 1.83. The molecule has 1 aromatic rings. The third kappa shape index (κ3) is 1.82. The molecule has 0 aliphatic carbocycles. The zero-order valence-electron chi connectivity index (χ0n) is 7.37. The molecule has 0 aliphatic rings. The van der Waals surface area contributed by atoms with Crippen molar-refractivity contribution >= 4 is 5.78 Å². The van der Waals surface area contributed by atoms with Gasteiger partial charge in [0, 0.05) is 5.56 Å². The highest BCUT2D eigenvalue weighted by molar-refractivity contribution is 6.08. The van der Waals surface area contributed by atoms with Gasteiger partial charge in [-0.05, 0) is 19.4 Å². The van der Waals surface area contributed by atoms with Gasteiger partial charge in [0.2, 0.25) is 0 Å². The first kappa shape index (κ1) is 8.72. The molecule has 0 N–H and O–H groups in total. The van der Waals surface area contributed by atoms with Crippen LogP contribution in [0.15, 0.2) is 42.0 Å². The van der Waals surface area contributed by atoms with Crippen molar-refractivity contribution in [2.45, 2.75) is 13.8 Å². The summed E-state index contributed by atoms with van der Waals surface area (Å²) in [5.41, 5.74) is 1.55. The molecule has 62 valence electrons. The number of allylic oxidation sites excluding steroid dienone is 2. The SMILES string of the molecule is CC=C(C)C(=O)c1ccccc1. The Balaban J connectivity index is 2.94. The maximum Gasteiger partial charge on any atom is 0.188 e. The lowest BCUT2D eigenvalue weighted by molar-refractivity contribution is 0.103. The van der Waals surface area contributed by atoms with Gasteiger partial charge in [0.25, 0.3) is 0 Å². The van der Waals surface area contributed by atoms with Crippen LogP contribution in [-0.2, 0) is 0 Å². The molecule has 0 unspecified atom stereocenters. The first-order chi connectivity index (χ1) is 5.75. The van der Waals surface area contributed by atoms with Crippen LogP contribution in [0.4, 0.5) is 0 Å². The van der Waals surface area contributed by atoms with E-state index in [9.17, 15) is 4.79 Å². The molecule has 0 amide bonds. The number of hydrogen-bond acceptors (Lipinski definition) is 1. The van der Waals surface area contributed by atoms with Crippen molar-refractivity contribution in [2.24, 2.45) is 0 Å². The van der Waals surface area contributed by atoms with Crippen molar-refractivity contribution < 1.29 is 4.79 Å². The molecule has 0 saturated heterocycles. The summed E-state index contributed by atoms with van der Waals surface area (Å²) in [6.07, 6.45) is 1.83. The van der Waals surface area contributed by atoms with E-state index in [1.165, 1.54) is 0 Å². The van der Waals surface area contributed by atoms with Gasteiger partial charge in [-0.25, -0.2) is 0 Å². The van der Waals surface area contributed by atoms with Gasteiger partial charge in [0.15, 0.2) is 5.78 Å². The van der Waals surface area contributed by atoms with Gasteiger partial charge in [-0.3, -0.25) is 4.79 Å². The lowest BCUT2D eigenvalue weighted by atomic mass is 10.1. The van der Waals surface area contributed by atoms with E-state index in [2.05, 4.69) is 0 Å². The Morgan fingerprint density at radius 1 is 1.25 bits per heavy atom. The Bertz CT molecular complexity index is 296. The van der Waals surface area contributed by atoms with E-state index in [0.29, 0.717) is 0 Å². The summed E-state index contributed by atoms with van der Waals surface area (Å²) in [6, 6.07) is 9.30. The fraction of sp³-hybridized carbons (Fsp3) is 0.182. The van der Waals surface area contributed by atoms with Crippen LogP contribution in [0, 0.1) is 0 Å². The van der Waals surface area contributed by atoms with Crippen LogP contribution in [0.1, 0.15) is 24.2 Å². The van der Waals surface area contributed by atoms with Crippen LogP contribution in [0.2, 0.25) is 0 Å². The van der Waals surface area contributed by atoms with Crippen molar-refractivity contribution in [3.05, 3.63) is 47.5 Å². The second kappa shape index (κ2) is 3.86. The van der Waals surface area contributed by atoms with E-state index in [4.69, 9.17) is 0 Å². The fourth-order valence-electron chi connectivity index (χ4n) is 0.948. The summed E-state index contributed by atoms with van der Waals surface area (Å²) in [5, 5.41) is 0. The molecule has 0 bridgehead atoms. The summed E-state index contributed by atoms with van der Waals surface area (Å²) < 4.78 is 0. The number of carbonyl (C=O) groups excluding carboxylic acids is 1. The van der Waals surface area contributed by atoms with Gasteiger partial charge < -0.3 is 0 Å². The topological polar surface area (TPSA) is 17.1 Å². The standard InChI is InChI=1S/C11H12O/c1-3-9(2)11(12)10-7-5-4-6-8-10/h3-8H,1-2H3. The lowest BCUT2D eigenvalue weighted by Crippen LogP contribution is -1.99. The smallest absolute Gasteiger partial charge is 0.188 e. The minimum atomic E-state index is 0.109. The predicted molar refractivity (Wildman–Crippen MR) is 50.2 cm³/mol. The number of carbonyl (C=O) groups is 1. The molecule has 0 saturated carbocycles. The van der Waals surface area contributed by atoms with Crippen LogP contribution >= 0.6 is 0 Å². The second-order valence-electron chi connectivity index (χ2n) is 2.67. The van der Waals surface area contributed by atoms with E-state index >= 15 is 0 Å². The zero-order chi connectivity index (χ0) is 8.97. The summed E-state index contributed by atoms with van der Waals surface area (Å²) in [7, 11) is 0. The Morgan fingerprint density at radius 2 is 1.83 bits per heavy atom. The van der Waals surface area contributed by atoms with Gasteiger partial charge in [-0.1, -0.05) is 36.4 Å². The Kier molecular flexibility index (Phi) is 2.81. The van der Waals surface area contributed by atoms with Crippen LogP contribution in [0.3, 0.4) is 0 Å². The van der Waals surface area contributed by atoms with E-state index in [1.807, 2.05) is 50.3 Å². The van der Waals surface area contributed by atoms with Crippen molar-refractivity contribution in [2.75, 3.05) is 0 Å². The number of rotatable bonds is 2. The Hall–Kier alpha value is -1.37. The molecular weight excluding hydrogens is 148 g/mol. The number of benzene rings is 1. The van der Waals surface area contributed by atoms with Crippen molar-refractivity contribution in [3.63, 3.8) is 0 Å². The molecule has 1 nitrogen and oxygen atoms in total. The maximum atomic E-state index is 11.5. The number of hydrogen-bond donors (Lipinski definition) is 0. The van der Waals surface area contributed by atoms with Gasteiger partial charge in [-0.2, -0.15) is 0 Å². The minimum Gasteiger partial charge on any atom is -0.289 e. The van der Waals surface area contributed by atoms with E-state index in [1.54, 1.807) is 0 Å². The highest BCUT2D eigenvalue weighted by atomic mass is 16.1. The molecule has 0 aromatic heterocycles. The summed E-state index contributed by atoms with van der Waals surface area (Å²) >= 11 is 0. The first-order valence-corrected chi connectivity index (χ1v) is 3.98. The van der Waals surface area contributed by atoms with E-state index < -0.39 is 0 Å². The predicted octanol–water partition coefficient (Wildman–Crippen LogP) is 2.84. The highest BCUT2D eigenvalue weighted by Gasteiger charge is 2.04. The molecule has 0 heterocycles. The molecular formula is C11H12O. The molecule has 1 rings (SSSR count). The maximum absolute atomic E-state index is 11.5. The molecule has 1 aromatic carbocycles. The third-order valence-corrected chi connectivity index (χ3v) is 1.83. The average Bonchev–Trinajstić information content (AvgIpc) is 2.17. The van der Waals surface area contributed by atoms with Crippen molar-refractivity contribution in [3.8, 4) is 0 Å². The van der Waals surface area contributed by atoms with E-state index in [-0.39, 0.29) is 5.78 Å². The van der Waals surface area contributed by atoms with Crippen LogP contribution in [0.25, 0.3) is 0 Å². The van der Waals surface area contributed by atoms with Gasteiger partial charge in [0.05, 0.1) is 0 Å². The zero-order valence-corrected chi connectivity index (χ0v) is 7.37. The summed E-state index contributed by atoms with van der Waals surface area (Å²) in [4.78, 5) is 11.5. The highest BCUT2D eigenvalue weighted by Crippen LogP contribution is 2.06. The molecule has 12 heavy (non-hydrogen) atoms. The molecule has 1 heteroatoms. The monoisotopic (exact) mass is 160 g/mol. The number of Topliss-reactive ketones (excluding diaryl/α,β-unsaturated/α-hetero) is 1. The first-order valence-electron chi connectivity index (χ1n) is 3.98. The molecule has 0 atom stereocenters. The van der Waals surface area contributed by atoms with Crippen molar-refractivity contribution in [1.29, 1.82) is 0 Å². The van der Waals surface area contributed by atoms with Crippen LogP contribution in [-0.4, -0.2) is 5.78 Å². The Morgan fingerprint density at radius 3 is 2.33 bits per heavy atom. The average molecular weight is 160 g/mol. The molecule has 0 fully saturated rings. The van der Waals surface area contributed by atoms with Gasteiger partial charge in [0.1, 0.15) is 0 Å². The molecule has 0 radical (unpaired) electrons. The van der Waals surface area contributed by atoms with Gasteiger partial charge in [-0.15, -0.1) is 0 Å². The largest absolute Gasteiger partial charge is 0.289 e. The Labute approximate surface area is 72.7 Å². The molecule has 0 spiro atoms.